The summed E-state index contributed by atoms with van der Waals surface area (Å²) in [6, 6.07) is 9.25. The van der Waals surface area contributed by atoms with Gasteiger partial charge in [-0.05, 0) is 31.9 Å². The van der Waals surface area contributed by atoms with Gasteiger partial charge in [0.1, 0.15) is 0 Å². The molecule has 2 rings (SSSR count). The molecule has 1 unspecified atom stereocenters. The van der Waals surface area contributed by atoms with E-state index in [-0.39, 0.29) is 6.04 Å². The van der Waals surface area contributed by atoms with Gasteiger partial charge in [0.15, 0.2) is 0 Å². The molecule has 0 bridgehead atoms. The van der Waals surface area contributed by atoms with Crippen LogP contribution in [-0.4, -0.2) is 48.6 Å². The first-order chi connectivity index (χ1) is 9.08. The third-order valence-electron chi connectivity index (χ3n) is 4.18. The fraction of sp³-hybridized carbons (Fsp3) is 0.625. The summed E-state index contributed by atoms with van der Waals surface area (Å²) in [5, 5.41) is 0. The molecule has 0 radical (unpaired) electrons. The Morgan fingerprint density at radius 2 is 1.74 bits per heavy atom. The van der Waals surface area contributed by atoms with Crippen LogP contribution in [0.2, 0.25) is 0 Å². The van der Waals surface area contributed by atoms with Crippen molar-refractivity contribution in [1.82, 2.24) is 9.80 Å². The molecule has 0 aromatic heterocycles. The minimum atomic E-state index is 0.131. The Hall–Kier alpha value is -0.900. The van der Waals surface area contributed by atoms with Crippen LogP contribution in [0, 0.1) is 6.92 Å². The maximum absolute atomic E-state index is 6.37. The van der Waals surface area contributed by atoms with E-state index in [0.29, 0.717) is 6.04 Å². The van der Waals surface area contributed by atoms with Crippen molar-refractivity contribution < 1.29 is 0 Å². The normalized spacial score (nSPS) is 19.8. The first kappa shape index (κ1) is 14.5. The van der Waals surface area contributed by atoms with Gasteiger partial charge in [0.05, 0.1) is 0 Å². The van der Waals surface area contributed by atoms with Gasteiger partial charge in [0.2, 0.25) is 0 Å². The van der Waals surface area contributed by atoms with Crippen LogP contribution >= 0.6 is 0 Å². The fourth-order valence-electron chi connectivity index (χ4n) is 2.84. The summed E-state index contributed by atoms with van der Waals surface area (Å²) in [6.45, 7) is 12.3. The van der Waals surface area contributed by atoms with Gasteiger partial charge in [0, 0.05) is 44.8 Å². The van der Waals surface area contributed by atoms with E-state index in [1.54, 1.807) is 0 Å². The Balaban J connectivity index is 1.87. The molecular formula is C16H27N3. The third kappa shape index (κ3) is 3.78. The highest BCUT2D eigenvalue weighted by Gasteiger charge is 2.20. The lowest BCUT2D eigenvalue weighted by Gasteiger charge is -2.38. The highest BCUT2D eigenvalue weighted by Crippen LogP contribution is 2.17. The van der Waals surface area contributed by atoms with Crippen molar-refractivity contribution in [2.24, 2.45) is 5.73 Å². The lowest BCUT2D eigenvalue weighted by atomic mass is 10.0. The summed E-state index contributed by atoms with van der Waals surface area (Å²) >= 11 is 0. The number of nitrogens with two attached hydrogens (primary N) is 1. The van der Waals surface area contributed by atoms with Crippen LogP contribution in [0.1, 0.15) is 31.0 Å². The van der Waals surface area contributed by atoms with E-state index in [0.717, 1.165) is 32.7 Å². The van der Waals surface area contributed by atoms with Gasteiger partial charge >= 0.3 is 0 Å². The minimum absolute atomic E-state index is 0.131. The molecule has 0 saturated carbocycles. The fourth-order valence-corrected chi connectivity index (χ4v) is 2.84. The second-order valence-electron chi connectivity index (χ2n) is 5.89. The summed E-state index contributed by atoms with van der Waals surface area (Å²) in [4.78, 5) is 5.03. The highest BCUT2D eigenvalue weighted by molar-refractivity contribution is 5.28. The van der Waals surface area contributed by atoms with Crippen LogP contribution in [0.3, 0.4) is 0 Å². The summed E-state index contributed by atoms with van der Waals surface area (Å²) in [6.07, 6.45) is 0. The Morgan fingerprint density at radius 3 is 2.32 bits per heavy atom. The predicted molar refractivity (Wildman–Crippen MR) is 81.3 cm³/mol. The number of piperazine rings is 1. The second-order valence-corrected chi connectivity index (χ2v) is 5.89. The van der Waals surface area contributed by atoms with Gasteiger partial charge in [-0.25, -0.2) is 0 Å². The van der Waals surface area contributed by atoms with Gasteiger partial charge in [-0.2, -0.15) is 0 Å². The van der Waals surface area contributed by atoms with Gasteiger partial charge in [-0.1, -0.05) is 24.3 Å². The highest BCUT2D eigenvalue weighted by atomic mass is 15.3. The first-order valence-corrected chi connectivity index (χ1v) is 7.35. The smallest absolute Gasteiger partial charge is 0.0426 e. The van der Waals surface area contributed by atoms with E-state index < -0.39 is 0 Å². The zero-order valence-corrected chi connectivity index (χ0v) is 12.5. The van der Waals surface area contributed by atoms with E-state index in [1.807, 2.05) is 0 Å². The number of nitrogens with zero attached hydrogens (tertiary/aromatic N) is 2. The van der Waals surface area contributed by atoms with Crippen LogP contribution < -0.4 is 5.73 Å². The largest absolute Gasteiger partial charge is 0.323 e. The number of aryl methyl sites for hydroxylation is 1. The van der Waals surface area contributed by atoms with Crippen LogP contribution in [0.15, 0.2) is 24.3 Å². The molecule has 0 aliphatic carbocycles. The molecule has 1 heterocycles. The Kier molecular flexibility index (Phi) is 4.97. The summed E-state index contributed by atoms with van der Waals surface area (Å²) in [7, 11) is 0. The van der Waals surface area contributed by atoms with E-state index in [4.69, 9.17) is 5.73 Å². The molecule has 1 aromatic rings. The lowest BCUT2D eigenvalue weighted by molar-refractivity contribution is 0.104. The Bertz CT molecular complexity index is 395. The first-order valence-electron chi connectivity index (χ1n) is 7.35. The summed E-state index contributed by atoms with van der Waals surface area (Å²) in [5.74, 6) is 0. The Labute approximate surface area is 117 Å². The molecule has 106 valence electrons. The number of hydrogen-bond acceptors (Lipinski definition) is 3. The van der Waals surface area contributed by atoms with Crippen molar-refractivity contribution in [3.8, 4) is 0 Å². The molecule has 19 heavy (non-hydrogen) atoms. The second kappa shape index (κ2) is 6.51. The molecule has 1 aliphatic rings. The lowest BCUT2D eigenvalue weighted by Crippen LogP contribution is -2.50. The number of rotatable bonds is 4. The van der Waals surface area contributed by atoms with Gasteiger partial charge < -0.3 is 5.73 Å². The van der Waals surface area contributed by atoms with Crippen molar-refractivity contribution in [2.45, 2.75) is 32.9 Å². The van der Waals surface area contributed by atoms with Crippen LogP contribution in [-0.2, 0) is 0 Å². The van der Waals surface area contributed by atoms with Gasteiger partial charge in [0.25, 0.3) is 0 Å². The Morgan fingerprint density at radius 1 is 1.11 bits per heavy atom. The van der Waals surface area contributed by atoms with Gasteiger partial charge in [-0.15, -0.1) is 0 Å². The quantitative estimate of drug-likeness (QED) is 0.900. The minimum Gasteiger partial charge on any atom is -0.323 e. The molecule has 3 heteroatoms. The molecule has 1 saturated heterocycles. The maximum Gasteiger partial charge on any atom is 0.0426 e. The van der Waals surface area contributed by atoms with Crippen molar-refractivity contribution in [2.75, 3.05) is 32.7 Å². The van der Waals surface area contributed by atoms with Crippen molar-refractivity contribution >= 4 is 0 Å². The molecule has 2 N–H and O–H groups in total. The molecule has 0 spiro atoms. The molecule has 0 amide bonds. The average molecular weight is 261 g/mol. The van der Waals surface area contributed by atoms with Crippen LogP contribution in [0.4, 0.5) is 0 Å². The van der Waals surface area contributed by atoms with Gasteiger partial charge in [-0.3, -0.25) is 9.80 Å². The van der Waals surface area contributed by atoms with Crippen LogP contribution in [0.25, 0.3) is 0 Å². The monoisotopic (exact) mass is 261 g/mol. The number of benzene rings is 1. The van der Waals surface area contributed by atoms with E-state index in [1.165, 1.54) is 11.1 Å². The van der Waals surface area contributed by atoms with E-state index >= 15 is 0 Å². The maximum atomic E-state index is 6.37. The number of hydrogen-bond donors (Lipinski definition) is 1. The van der Waals surface area contributed by atoms with Crippen LogP contribution in [0.5, 0.6) is 0 Å². The average Bonchev–Trinajstić information content (AvgIpc) is 2.39. The van der Waals surface area contributed by atoms with Crippen molar-refractivity contribution in [3.05, 3.63) is 35.4 Å². The predicted octanol–water partition coefficient (Wildman–Crippen LogP) is 2.02. The SMILES string of the molecule is Cc1ccccc1C(N)CN1CCN(C(C)C)CC1. The summed E-state index contributed by atoms with van der Waals surface area (Å²) < 4.78 is 0. The molecule has 1 aliphatic heterocycles. The zero-order valence-electron chi connectivity index (χ0n) is 12.5. The topological polar surface area (TPSA) is 32.5 Å². The zero-order chi connectivity index (χ0) is 13.8. The van der Waals surface area contributed by atoms with Crippen molar-refractivity contribution in [3.63, 3.8) is 0 Å². The van der Waals surface area contributed by atoms with E-state index in [2.05, 4.69) is 54.8 Å². The third-order valence-corrected chi connectivity index (χ3v) is 4.18. The molecule has 3 nitrogen and oxygen atoms in total. The molecule has 1 fully saturated rings. The summed E-state index contributed by atoms with van der Waals surface area (Å²) in [5.41, 5.74) is 8.95. The molecule has 1 aromatic carbocycles. The molecular weight excluding hydrogens is 234 g/mol. The standard InChI is InChI=1S/C16H27N3/c1-13(2)19-10-8-18(9-11-19)12-16(17)15-7-5-4-6-14(15)3/h4-7,13,16H,8-12,17H2,1-3H3. The molecule has 1 atom stereocenters. The van der Waals surface area contributed by atoms with E-state index in [9.17, 15) is 0 Å². The van der Waals surface area contributed by atoms with Crippen molar-refractivity contribution in [1.29, 1.82) is 0 Å².